The van der Waals surface area contributed by atoms with Gasteiger partial charge in [-0.2, -0.15) is 4.39 Å². The number of hydrogen-bond acceptors (Lipinski definition) is 3. The first-order chi connectivity index (χ1) is 8.88. The summed E-state index contributed by atoms with van der Waals surface area (Å²) in [5.41, 5.74) is 1.14. The van der Waals surface area contributed by atoms with Gasteiger partial charge in [0.1, 0.15) is 4.90 Å². The number of anilines is 1. The molecule has 0 spiro atoms. The lowest BCUT2D eigenvalue weighted by Crippen LogP contribution is -2.13. The van der Waals surface area contributed by atoms with Crippen LogP contribution in [0.5, 0.6) is 0 Å². The summed E-state index contributed by atoms with van der Waals surface area (Å²) in [6.07, 6.45) is 1.12. The van der Waals surface area contributed by atoms with E-state index in [0.717, 1.165) is 17.8 Å². The van der Waals surface area contributed by atoms with Crippen molar-refractivity contribution in [3.8, 4) is 0 Å². The minimum absolute atomic E-state index is 0.113. The first-order valence-electron chi connectivity index (χ1n) is 5.29. The maximum atomic E-state index is 12.7. The van der Waals surface area contributed by atoms with Gasteiger partial charge in [0.05, 0.1) is 11.9 Å². The molecule has 100 valence electrons. The Hall–Kier alpha value is -1.47. The molecule has 0 bridgehead atoms. The molecule has 1 N–H and O–H groups in total. The van der Waals surface area contributed by atoms with Crippen molar-refractivity contribution in [3.63, 3.8) is 0 Å². The average molecular weight is 345 g/mol. The lowest BCUT2D eigenvalue weighted by molar-refractivity contribution is 0.583. The molecule has 0 aliphatic heterocycles. The Labute approximate surface area is 118 Å². The summed E-state index contributed by atoms with van der Waals surface area (Å²) in [7, 11) is -3.73. The normalized spacial score (nSPS) is 11.3. The Kier molecular flexibility index (Phi) is 3.86. The maximum Gasteiger partial charge on any atom is 0.263 e. The van der Waals surface area contributed by atoms with Gasteiger partial charge < -0.3 is 0 Å². The lowest BCUT2D eigenvalue weighted by atomic mass is 10.2. The van der Waals surface area contributed by atoms with Gasteiger partial charge in [-0.15, -0.1) is 0 Å². The van der Waals surface area contributed by atoms with E-state index in [-0.39, 0.29) is 10.6 Å². The van der Waals surface area contributed by atoms with Gasteiger partial charge in [0, 0.05) is 4.47 Å². The zero-order valence-corrected chi connectivity index (χ0v) is 12.3. The van der Waals surface area contributed by atoms with E-state index in [4.69, 9.17) is 0 Å². The van der Waals surface area contributed by atoms with E-state index in [2.05, 4.69) is 25.6 Å². The molecular formula is C12H10BrFN2O2S. The van der Waals surface area contributed by atoms with Crippen molar-refractivity contribution in [2.75, 3.05) is 4.72 Å². The standard InChI is InChI=1S/C12H10BrFN2O2S/c1-8-2-4-11(10(13)6-8)19(17,18)16-9-3-5-12(14)15-7-9/h2-7,16H,1H3. The van der Waals surface area contributed by atoms with Crippen LogP contribution in [-0.2, 0) is 10.0 Å². The first kappa shape index (κ1) is 14.0. The SMILES string of the molecule is Cc1ccc(S(=O)(=O)Nc2ccc(F)nc2)c(Br)c1. The van der Waals surface area contributed by atoms with Crippen LogP contribution < -0.4 is 4.72 Å². The number of nitrogens with zero attached hydrogens (tertiary/aromatic N) is 1. The zero-order chi connectivity index (χ0) is 14.0. The third kappa shape index (κ3) is 3.30. The highest BCUT2D eigenvalue weighted by molar-refractivity contribution is 9.10. The van der Waals surface area contributed by atoms with Crippen LogP contribution in [-0.4, -0.2) is 13.4 Å². The molecule has 0 aliphatic rings. The Morgan fingerprint density at radius 3 is 2.58 bits per heavy atom. The van der Waals surface area contributed by atoms with E-state index in [1.54, 1.807) is 12.1 Å². The van der Waals surface area contributed by atoms with Crippen molar-refractivity contribution >= 4 is 31.6 Å². The summed E-state index contributed by atoms with van der Waals surface area (Å²) < 4.78 is 39.8. The van der Waals surface area contributed by atoms with Gasteiger partial charge in [-0.1, -0.05) is 6.07 Å². The molecule has 4 nitrogen and oxygen atoms in total. The highest BCUT2D eigenvalue weighted by Gasteiger charge is 2.17. The van der Waals surface area contributed by atoms with Crippen molar-refractivity contribution < 1.29 is 12.8 Å². The summed E-state index contributed by atoms with van der Waals surface area (Å²) in [4.78, 5) is 3.50. The minimum Gasteiger partial charge on any atom is -0.278 e. The Bertz CT molecular complexity index is 702. The van der Waals surface area contributed by atoms with Crippen LogP contribution in [0.1, 0.15) is 5.56 Å². The smallest absolute Gasteiger partial charge is 0.263 e. The number of aryl methyl sites for hydroxylation is 1. The van der Waals surface area contributed by atoms with E-state index in [1.807, 2.05) is 6.92 Å². The molecule has 19 heavy (non-hydrogen) atoms. The molecule has 2 aromatic rings. The number of aromatic nitrogens is 1. The molecule has 0 aliphatic carbocycles. The van der Waals surface area contributed by atoms with Crippen molar-refractivity contribution in [2.24, 2.45) is 0 Å². The van der Waals surface area contributed by atoms with Gasteiger partial charge in [0.25, 0.3) is 10.0 Å². The van der Waals surface area contributed by atoms with Gasteiger partial charge in [0.15, 0.2) is 0 Å². The lowest BCUT2D eigenvalue weighted by Gasteiger charge is -2.09. The summed E-state index contributed by atoms with van der Waals surface area (Å²) in [6.45, 7) is 1.86. The van der Waals surface area contributed by atoms with E-state index < -0.39 is 16.0 Å². The second kappa shape index (κ2) is 5.26. The predicted octanol–water partition coefficient (Wildman–Crippen LogP) is 3.09. The fourth-order valence-corrected chi connectivity index (χ4v) is 3.71. The fourth-order valence-electron chi connectivity index (χ4n) is 1.47. The first-order valence-corrected chi connectivity index (χ1v) is 7.56. The molecule has 1 heterocycles. The maximum absolute atomic E-state index is 12.7. The highest BCUT2D eigenvalue weighted by atomic mass is 79.9. The third-order valence-electron chi connectivity index (χ3n) is 2.36. The van der Waals surface area contributed by atoms with Crippen molar-refractivity contribution in [1.82, 2.24) is 4.98 Å². The van der Waals surface area contributed by atoms with Gasteiger partial charge >= 0.3 is 0 Å². The molecule has 0 atom stereocenters. The Balaban J connectivity index is 2.35. The Morgan fingerprint density at radius 1 is 1.26 bits per heavy atom. The molecule has 0 amide bonds. The number of rotatable bonds is 3. The van der Waals surface area contributed by atoms with E-state index in [1.165, 1.54) is 12.1 Å². The number of halogens is 2. The number of sulfonamides is 1. The van der Waals surface area contributed by atoms with Crippen molar-refractivity contribution in [3.05, 3.63) is 52.5 Å². The second-order valence-corrected chi connectivity index (χ2v) is 6.41. The van der Waals surface area contributed by atoms with E-state index >= 15 is 0 Å². The molecule has 0 unspecified atom stereocenters. The summed E-state index contributed by atoms with van der Waals surface area (Å²) in [5, 5.41) is 0. The van der Waals surface area contributed by atoms with Gasteiger partial charge in [-0.25, -0.2) is 13.4 Å². The fraction of sp³-hybridized carbons (Fsp3) is 0.0833. The van der Waals surface area contributed by atoms with Crippen LogP contribution in [0.25, 0.3) is 0 Å². The van der Waals surface area contributed by atoms with E-state index in [0.29, 0.717) is 4.47 Å². The van der Waals surface area contributed by atoms with Gasteiger partial charge in [-0.05, 0) is 52.7 Å². The minimum atomic E-state index is -3.73. The van der Waals surface area contributed by atoms with Gasteiger partial charge in [0.2, 0.25) is 5.95 Å². The number of hydrogen-bond donors (Lipinski definition) is 1. The molecule has 0 saturated heterocycles. The monoisotopic (exact) mass is 344 g/mol. The van der Waals surface area contributed by atoms with Crippen molar-refractivity contribution in [2.45, 2.75) is 11.8 Å². The van der Waals surface area contributed by atoms with Crippen LogP contribution in [0.15, 0.2) is 45.9 Å². The average Bonchev–Trinajstić information content (AvgIpc) is 2.31. The Morgan fingerprint density at radius 2 is 2.00 bits per heavy atom. The molecule has 0 radical (unpaired) electrons. The molecule has 0 saturated carbocycles. The second-order valence-electron chi connectivity index (χ2n) is 3.91. The largest absolute Gasteiger partial charge is 0.278 e. The van der Waals surface area contributed by atoms with Crippen molar-refractivity contribution in [1.29, 1.82) is 0 Å². The molecule has 7 heteroatoms. The van der Waals surface area contributed by atoms with Crippen LogP contribution in [0, 0.1) is 12.9 Å². The number of benzene rings is 1. The van der Waals surface area contributed by atoms with Crippen LogP contribution in [0.4, 0.5) is 10.1 Å². The molecule has 0 fully saturated rings. The summed E-state index contributed by atoms with van der Waals surface area (Å²) >= 11 is 3.21. The topological polar surface area (TPSA) is 59.1 Å². The van der Waals surface area contributed by atoms with Crippen LogP contribution >= 0.6 is 15.9 Å². The molecule has 2 rings (SSSR count). The quantitative estimate of drug-likeness (QED) is 0.870. The molecule has 1 aromatic carbocycles. The third-order valence-corrected chi connectivity index (χ3v) is 4.71. The number of nitrogens with one attached hydrogen (secondary N) is 1. The zero-order valence-electron chi connectivity index (χ0n) is 9.89. The van der Waals surface area contributed by atoms with Crippen LogP contribution in [0.2, 0.25) is 0 Å². The van der Waals surface area contributed by atoms with Gasteiger partial charge in [-0.3, -0.25) is 4.72 Å². The number of pyridine rings is 1. The van der Waals surface area contributed by atoms with Crippen LogP contribution in [0.3, 0.4) is 0 Å². The van der Waals surface area contributed by atoms with E-state index in [9.17, 15) is 12.8 Å². The highest BCUT2D eigenvalue weighted by Crippen LogP contribution is 2.25. The molecule has 1 aromatic heterocycles. The predicted molar refractivity (Wildman–Crippen MR) is 73.9 cm³/mol. The summed E-state index contributed by atoms with van der Waals surface area (Å²) in [6, 6.07) is 7.29. The summed E-state index contributed by atoms with van der Waals surface area (Å²) in [5.74, 6) is -0.667. The molecular weight excluding hydrogens is 335 g/mol.